The van der Waals surface area contributed by atoms with Crippen molar-refractivity contribution in [3.63, 3.8) is 0 Å². The van der Waals surface area contributed by atoms with Crippen molar-refractivity contribution in [2.24, 2.45) is 0 Å². The Hall–Kier alpha value is -3.45. The van der Waals surface area contributed by atoms with Crippen LogP contribution < -0.4 is 15.4 Å². The van der Waals surface area contributed by atoms with Gasteiger partial charge in [0.05, 0.1) is 25.2 Å². The first-order chi connectivity index (χ1) is 13.5. The summed E-state index contributed by atoms with van der Waals surface area (Å²) in [6, 6.07) is 11.8. The number of ether oxygens (including phenoxy) is 1. The molecule has 0 spiro atoms. The molecule has 7 nitrogen and oxygen atoms in total. The van der Waals surface area contributed by atoms with Gasteiger partial charge in [0, 0.05) is 16.3 Å². The Bertz CT molecular complexity index is 1020. The molecule has 1 heterocycles. The second-order valence-corrected chi connectivity index (χ2v) is 6.28. The number of Topliss-reactive ketones (excluding diaryl/α,β-unsaturated/α-hetero) is 1. The number of halogens is 1. The van der Waals surface area contributed by atoms with Crippen LogP contribution in [0.3, 0.4) is 0 Å². The van der Waals surface area contributed by atoms with E-state index in [0.29, 0.717) is 33.5 Å². The first-order valence-electron chi connectivity index (χ1n) is 8.31. The monoisotopic (exact) mass is 396 g/mol. The molecule has 0 aliphatic carbocycles. The average molecular weight is 397 g/mol. The highest BCUT2D eigenvalue weighted by atomic mass is 35.5. The minimum absolute atomic E-state index is 0.0808. The fourth-order valence-electron chi connectivity index (χ4n) is 2.44. The molecule has 0 saturated heterocycles. The van der Waals surface area contributed by atoms with Gasteiger partial charge >= 0.3 is 0 Å². The summed E-state index contributed by atoms with van der Waals surface area (Å²) >= 11 is 6.01. The van der Waals surface area contributed by atoms with Crippen LogP contribution in [0.2, 0.25) is 5.02 Å². The number of benzene rings is 2. The molecule has 0 aliphatic rings. The van der Waals surface area contributed by atoms with Gasteiger partial charge in [-0.15, -0.1) is 0 Å². The largest absolute Gasteiger partial charge is 0.495 e. The molecule has 0 aliphatic heterocycles. The van der Waals surface area contributed by atoms with E-state index in [1.54, 1.807) is 49.6 Å². The summed E-state index contributed by atoms with van der Waals surface area (Å²) in [5, 5.41) is 6.29. The van der Waals surface area contributed by atoms with E-state index in [9.17, 15) is 9.59 Å². The average Bonchev–Trinajstić information content (AvgIpc) is 2.69. The SMILES string of the molecule is COc1ccc(Cl)cc1Nc1cnc(C(=O)Nc2cccc(C(C)=O)c2)cn1. The molecule has 0 bridgehead atoms. The van der Waals surface area contributed by atoms with Crippen molar-refractivity contribution in [3.8, 4) is 5.75 Å². The first kappa shape index (κ1) is 19.3. The highest BCUT2D eigenvalue weighted by Gasteiger charge is 2.11. The van der Waals surface area contributed by atoms with Gasteiger partial charge in [0.1, 0.15) is 17.3 Å². The number of rotatable bonds is 6. The Morgan fingerprint density at radius 3 is 2.57 bits per heavy atom. The molecule has 0 unspecified atom stereocenters. The van der Waals surface area contributed by atoms with E-state index in [4.69, 9.17) is 16.3 Å². The molecular weight excluding hydrogens is 380 g/mol. The number of nitrogens with one attached hydrogen (secondary N) is 2. The summed E-state index contributed by atoms with van der Waals surface area (Å²) in [5.74, 6) is 0.511. The van der Waals surface area contributed by atoms with Crippen molar-refractivity contribution in [2.75, 3.05) is 17.7 Å². The van der Waals surface area contributed by atoms with Crippen molar-refractivity contribution in [1.29, 1.82) is 0 Å². The molecule has 142 valence electrons. The van der Waals surface area contributed by atoms with Crippen LogP contribution in [-0.4, -0.2) is 28.8 Å². The third-order valence-electron chi connectivity index (χ3n) is 3.84. The third-order valence-corrected chi connectivity index (χ3v) is 4.07. The highest BCUT2D eigenvalue weighted by molar-refractivity contribution is 6.31. The van der Waals surface area contributed by atoms with Gasteiger partial charge in [-0.05, 0) is 37.3 Å². The van der Waals surface area contributed by atoms with E-state index in [-0.39, 0.29) is 11.5 Å². The molecule has 2 N–H and O–H groups in total. The van der Waals surface area contributed by atoms with Gasteiger partial charge in [-0.25, -0.2) is 9.97 Å². The normalized spacial score (nSPS) is 10.2. The van der Waals surface area contributed by atoms with Crippen molar-refractivity contribution in [2.45, 2.75) is 6.92 Å². The summed E-state index contributed by atoms with van der Waals surface area (Å²) in [6.07, 6.45) is 2.78. The van der Waals surface area contributed by atoms with Crippen molar-refractivity contribution in [1.82, 2.24) is 9.97 Å². The lowest BCUT2D eigenvalue weighted by atomic mass is 10.1. The standard InChI is InChI=1S/C20H17ClN4O3/c1-12(26)13-4-3-5-15(8-13)24-20(27)17-10-23-19(11-22-17)25-16-9-14(21)6-7-18(16)28-2/h3-11H,1-2H3,(H,23,25)(H,24,27). The molecule has 0 saturated carbocycles. The van der Waals surface area contributed by atoms with Gasteiger partial charge < -0.3 is 15.4 Å². The van der Waals surface area contributed by atoms with Crippen LogP contribution in [0.4, 0.5) is 17.2 Å². The Balaban J connectivity index is 1.72. The summed E-state index contributed by atoms with van der Waals surface area (Å²) in [6.45, 7) is 1.47. The van der Waals surface area contributed by atoms with Crippen LogP contribution in [-0.2, 0) is 0 Å². The molecule has 1 aromatic heterocycles. The summed E-state index contributed by atoms with van der Waals surface area (Å²) < 4.78 is 5.27. The van der Waals surface area contributed by atoms with Crippen LogP contribution in [0, 0.1) is 0 Å². The fraction of sp³-hybridized carbons (Fsp3) is 0.100. The second kappa shape index (κ2) is 8.49. The van der Waals surface area contributed by atoms with E-state index < -0.39 is 5.91 Å². The van der Waals surface area contributed by atoms with E-state index in [1.807, 2.05) is 0 Å². The highest BCUT2D eigenvalue weighted by Crippen LogP contribution is 2.29. The molecule has 3 aromatic rings. The summed E-state index contributed by atoms with van der Waals surface area (Å²) in [7, 11) is 1.55. The Labute approximate surface area is 166 Å². The molecule has 28 heavy (non-hydrogen) atoms. The van der Waals surface area contributed by atoms with E-state index in [2.05, 4.69) is 20.6 Å². The number of aromatic nitrogens is 2. The van der Waals surface area contributed by atoms with Crippen LogP contribution in [0.1, 0.15) is 27.8 Å². The van der Waals surface area contributed by atoms with Gasteiger partial charge in [-0.3, -0.25) is 9.59 Å². The summed E-state index contributed by atoms with van der Waals surface area (Å²) in [5.41, 5.74) is 1.78. The molecular formula is C20H17ClN4O3. The maximum Gasteiger partial charge on any atom is 0.275 e. The van der Waals surface area contributed by atoms with Crippen LogP contribution in [0.15, 0.2) is 54.9 Å². The quantitative estimate of drug-likeness (QED) is 0.602. The molecule has 0 radical (unpaired) electrons. The second-order valence-electron chi connectivity index (χ2n) is 5.85. The number of hydrogen-bond donors (Lipinski definition) is 2. The van der Waals surface area contributed by atoms with Gasteiger partial charge in [-0.2, -0.15) is 0 Å². The Kier molecular flexibility index (Phi) is 5.86. The van der Waals surface area contributed by atoms with Crippen LogP contribution in [0.25, 0.3) is 0 Å². The lowest BCUT2D eigenvalue weighted by Crippen LogP contribution is -2.14. The van der Waals surface area contributed by atoms with Crippen molar-refractivity contribution < 1.29 is 14.3 Å². The minimum Gasteiger partial charge on any atom is -0.495 e. The van der Waals surface area contributed by atoms with Crippen LogP contribution >= 0.6 is 11.6 Å². The van der Waals surface area contributed by atoms with Crippen molar-refractivity contribution in [3.05, 3.63) is 71.1 Å². The molecule has 0 atom stereocenters. The molecule has 2 aromatic carbocycles. The number of nitrogens with zero attached hydrogens (tertiary/aromatic N) is 2. The number of amides is 1. The van der Waals surface area contributed by atoms with Gasteiger partial charge in [0.2, 0.25) is 0 Å². The molecule has 8 heteroatoms. The molecule has 3 rings (SSSR count). The number of hydrogen-bond acceptors (Lipinski definition) is 6. The predicted octanol–water partition coefficient (Wildman–Crippen LogP) is 4.34. The zero-order valence-corrected chi connectivity index (χ0v) is 15.9. The van der Waals surface area contributed by atoms with Gasteiger partial charge in [-0.1, -0.05) is 23.7 Å². The maximum atomic E-state index is 12.4. The fourth-order valence-corrected chi connectivity index (χ4v) is 2.61. The minimum atomic E-state index is -0.430. The number of anilines is 3. The molecule has 0 fully saturated rings. The van der Waals surface area contributed by atoms with Gasteiger partial charge in [0.25, 0.3) is 5.91 Å². The Morgan fingerprint density at radius 1 is 1.07 bits per heavy atom. The van der Waals surface area contributed by atoms with E-state index >= 15 is 0 Å². The number of methoxy groups -OCH3 is 1. The number of ketones is 1. The van der Waals surface area contributed by atoms with E-state index in [0.717, 1.165) is 0 Å². The zero-order chi connectivity index (χ0) is 20.1. The number of carbonyl (C=O) groups excluding carboxylic acids is 2. The lowest BCUT2D eigenvalue weighted by molar-refractivity contribution is 0.100. The van der Waals surface area contributed by atoms with E-state index in [1.165, 1.54) is 19.3 Å². The van der Waals surface area contributed by atoms with Gasteiger partial charge in [0.15, 0.2) is 5.78 Å². The molecule has 1 amide bonds. The lowest BCUT2D eigenvalue weighted by Gasteiger charge is -2.11. The first-order valence-corrected chi connectivity index (χ1v) is 8.69. The predicted molar refractivity (Wildman–Crippen MR) is 108 cm³/mol. The van der Waals surface area contributed by atoms with Crippen LogP contribution in [0.5, 0.6) is 5.75 Å². The maximum absolute atomic E-state index is 12.4. The number of carbonyl (C=O) groups is 2. The smallest absolute Gasteiger partial charge is 0.275 e. The topological polar surface area (TPSA) is 93.2 Å². The third kappa shape index (κ3) is 4.63. The Morgan fingerprint density at radius 2 is 1.89 bits per heavy atom. The van der Waals surface area contributed by atoms with Crippen molar-refractivity contribution >= 4 is 40.5 Å². The zero-order valence-electron chi connectivity index (χ0n) is 15.2. The summed E-state index contributed by atoms with van der Waals surface area (Å²) in [4.78, 5) is 32.1.